The summed E-state index contributed by atoms with van der Waals surface area (Å²) in [5, 5.41) is 3.54. The summed E-state index contributed by atoms with van der Waals surface area (Å²) >= 11 is 7.72. The smallest absolute Gasteiger partial charge is 0.407 e. The lowest BCUT2D eigenvalue weighted by molar-refractivity contribution is 0.106. The van der Waals surface area contributed by atoms with Gasteiger partial charge >= 0.3 is 6.09 Å². The highest BCUT2D eigenvalue weighted by atomic mass is 35.5. The maximum absolute atomic E-state index is 11.9. The van der Waals surface area contributed by atoms with Gasteiger partial charge in [-0.2, -0.15) is 11.8 Å². The van der Waals surface area contributed by atoms with E-state index in [1.807, 2.05) is 61.5 Å². The Bertz CT molecular complexity index is 636. The molecule has 0 saturated carbocycles. The average Bonchev–Trinajstić information content (AvgIpc) is 2.60. The van der Waals surface area contributed by atoms with E-state index in [4.69, 9.17) is 16.3 Å². The Morgan fingerprint density at radius 2 is 1.92 bits per heavy atom. The second-order valence-corrected chi connectivity index (χ2v) is 6.89. The molecule has 0 aromatic heterocycles. The van der Waals surface area contributed by atoms with Crippen LogP contribution in [0.1, 0.15) is 24.5 Å². The predicted octanol–water partition coefficient (Wildman–Crippen LogP) is 5.28. The number of amides is 1. The molecule has 0 radical (unpaired) electrons. The Morgan fingerprint density at radius 3 is 2.62 bits per heavy atom. The molecule has 1 atom stereocenters. The number of hydrogen-bond donors (Lipinski definition) is 1. The molecule has 1 amide bonds. The van der Waals surface area contributed by atoms with E-state index in [-0.39, 0.29) is 12.2 Å². The number of rotatable bonds is 8. The van der Waals surface area contributed by atoms with Crippen molar-refractivity contribution in [2.24, 2.45) is 0 Å². The quantitative estimate of drug-likeness (QED) is 0.693. The summed E-state index contributed by atoms with van der Waals surface area (Å²) in [6, 6.07) is 17.6. The first kappa shape index (κ1) is 18.7. The van der Waals surface area contributed by atoms with E-state index in [9.17, 15) is 4.79 Å². The van der Waals surface area contributed by atoms with Gasteiger partial charge in [-0.05, 0) is 29.7 Å². The molecule has 0 saturated heterocycles. The third kappa shape index (κ3) is 6.85. The van der Waals surface area contributed by atoms with Gasteiger partial charge < -0.3 is 10.1 Å². The van der Waals surface area contributed by atoms with Gasteiger partial charge in [-0.25, -0.2) is 4.79 Å². The molecule has 1 unspecified atom stereocenters. The van der Waals surface area contributed by atoms with Crippen LogP contribution in [-0.4, -0.2) is 18.0 Å². The van der Waals surface area contributed by atoms with Crippen LogP contribution in [0.25, 0.3) is 0 Å². The van der Waals surface area contributed by atoms with Crippen molar-refractivity contribution in [2.75, 3.05) is 5.75 Å². The van der Waals surface area contributed by atoms with E-state index >= 15 is 0 Å². The highest BCUT2D eigenvalue weighted by molar-refractivity contribution is 7.98. The Morgan fingerprint density at radius 1 is 1.17 bits per heavy atom. The van der Waals surface area contributed by atoms with Gasteiger partial charge in [0.15, 0.2) is 0 Å². The lowest BCUT2D eigenvalue weighted by Crippen LogP contribution is -2.29. The Labute approximate surface area is 152 Å². The molecule has 2 rings (SSSR count). The standard InChI is InChI=1S/C19H22ClNO2S/c1-2-18(14-24-13-16-9-6-10-17(20)11-16)23-19(22)21-12-15-7-4-3-5-8-15/h3-11,18H,2,12-14H2,1H3,(H,21,22). The number of ether oxygens (including phenoxy) is 1. The zero-order chi connectivity index (χ0) is 17.2. The molecule has 0 aliphatic rings. The van der Waals surface area contributed by atoms with Gasteiger partial charge in [0, 0.05) is 23.1 Å². The van der Waals surface area contributed by atoms with Crippen LogP contribution in [0.5, 0.6) is 0 Å². The van der Waals surface area contributed by atoms with Crippen LogP contribution < -0.4 is 5.32 Å². The second kappa shape index (κ2) is 10.3. The monoisotopic (exact) mass is 363 g/mol. The zero-order valence-electron chi connectivity index (χ0n) is 13.7. The molecule has 0 spiro atoms. The molecule has 128 valence electrons. The number of alkyl carbamates (subject to hydrolysis) is 1. The molecule has 1 N–H and O–H groups in total. The van der Waals surface area contributed by atoms with Gasteiger partial charge in [-0.3, -0.25) is 0 Å². The normalized spacial score (nSPS) is 11.8. The van der Waals surface area contributed by atoms with E-state index in [0.29, 0.717) is 6.54 Å². The van der Waals surface area contributed by atoms with Crippen molar-refractivity contribution in [2.45, 2.75) is 31.7 Å². The van der Waals surface area contributed by atoms with Crippen LogP contribution in [0.15, 0.2) is 54.6 Å². The highest BCUT2D eigenvalue weighted by Crippen LogP contribution is 2.18. The van der Waals surface area contributed by atoms with Crippen molar-refractivity contribution < 1.29 is 9.53 Å². The Balaban J connectivity index is 1.70. The number of halogens is 1. The summed E-state index contributed by atoms with van der Waals surface area (Å²) in [7, 11) is 0. The third-order valence-corrected chi connectivity index (χ3v) is 4.85. The first-order valence-electron chi connectivity index (χ1n) is 7.98. The number of carbonyl (C=O) groups excluding carboxylic acids is 1. The molecule has 0 aliphatic carbocycles. The van der Waals surface area contributed by atoms with Crippen LogP contribution in [0.3, 0.4) is 0 Å². The second-order valence-electron chi connectivity index (χ2n) is 5.42. The minimum absolute atomic E-state index is 0.0926. The zero-order valence-corrected chi connectivity index (χ0v) is 15.3. The van der Waals surface area contributed by atoms with E-state index in [1.165, 1.54) is 5.56 Å². The molecule has 0 bridgehead atoms. The van der Waals surface area contributed by atoms with Crippen molar-refractivity contribution in [3.8, 4) is 0 Å². The molecule has 0 fully saturated rings. The maximum Gasteiger partial charge on any atom is 0.407 e. The summed E-state index contributed by atoms with van der Waals surface area (Å²) in [5.41, 5.74) is 2.23. The van der Waals surface area contributed by atoms with Crippen LogP contribution in [0, 0.1) is 0 Å². The largest absolute Gasteiger partial charge is 0.445 e. The molecule has 24 heavy (non-hydrogen) atoms. The lowest BCUT2D eigenvalue weighted by Gasteiger charge is -2.16. The topological polar surface area (TPSA) is 38.3 Å². The SMILES string of the molecule is CCC(CSCc1cccc(Cl)c1)OC(=O)NCc1ccccc1. The fraction of sp³-hybridized carbons (Fsp3) is 0.316. The van der Waals surface area contributed by atoms with Crippen LogP contribution >= 0.6 is 23.4 Å². The van der Waals surface area contributed by atoms with Crippen LogP contribution in [-0.2, 0) is 17.0 Å². The van der Waals surface area contributed by atoms with Crippen molar-refractivity contribution in [1.82, 2.24) is 5.32 Å². The first-order valence-corrected chi connectivity index (χ1v) is 9.51. The van der Waals surface area contributed by atoms with Gasteiger partial charge in [0.1, 0.15) is 6.10 Å². The van der Waals surface area contributed by atoms with Gasteiger partial charge in [-0.1, -0.05) is 61.0 Å². The fourth-order valence-electron chi connectivity index (χ4n) is 2.13. The summed E-state index contributed by atoms with van der Waals surface area (Å²) < 4.78 is 5.49. The van der Waals surface area contributed by atoms with Crippen molar-refractivity contribution in [3.63, 3.8) is 0 Å². The summed E-state index contributed by atoms with van der Waals surface area (Å²) in [6.45, 7) is 2.50. The van der Waals surface area contributed by atoms with E-state index in [2.05, 4.69) is 5.32 Å². The summed E-state index contributed by atoms with van der Waals surface area (Å²) in [5.74, 6) is 1.62. The van der Waals surface area contributed by atoms with Gasteiger partial charge in [0.25, 0.3) is 0 Å². The molecule has 3 nitrogen and oxygen atoms in total. The molecular weight excluding hydrogens is 342 g/mol. The van der Waals surface area contributed by atoms with Gasteiger partial charge in [0.05, 0.1) is 0 Å². The summed E-state index contributed by atoms with van der Waals surface area (Å²) in [4.78, 5) is 11.9. The Kier molecular flexibility index (Phi) is 7.99. The molecule has 2 aromatic carbocycles. The van der Waals surface area contributed by atoms with Gasteiger partial charge in [0.2, 0.25) is 0 Å². The first-order chi connectivity index (χ1) is 11.7. The molecule has 2 aromatic rings. The minimum Gasteiger partial charge on any atom is -0.445 e. The van der Waals surface area contributed by atoms with E-state index < -0.39 is 0 Å². The minimum atomic E-state index is -0.367. The van der Waals surface area contributed by atoms with Gasteiger partial charge in [-0.15, -0.1) is 0 Å². The van der Waals surface area contributed by atoms with Crippen molar-refractivity contribution in [1.29, 1.82) is 0 Å². The number of hydrogen-bond acceptors (Lipinski definition) is 3. The third-order valence-electron chi connectivity index (χ3n) is 3.47. The Hall–Kier alpha value is -1.65. The molecule has 0 heterocycles. The summed E-state index contributed by atoms with van der Waals surface area (Å²) in [6.07, 6.45) is 0.334. The molecule has 5 heteroatoms. The molecule has 0 aliphatic heterocycles. The number of carbonyl (C=O) groups is 1. The van der Waals surface area contributed by atoms with E-state index in [0.717, 1.165) is 28.5 Å². The average molecular weight is 364 g/mol. The number of benzene rings is 2. The van der Waals surface area contributed by atoms with Crippen LogP contribution in [0.4, 0.5) is 4.79 Å². The molecular formula is C19H22ClNO2S. The fourth-order valence-corrected chi connectivity index (χ4v) is 3.45. The van der Waals surface area contributed by atoms with Crippen LogP contribution in [0.2, 0.25) is 5.02 Å². The maximum atomic E-state index is 11.9. The highest BCUT2D eigenvalue weighted by Gasteiger charge is 2.12. The van der Waals surface area contributed by atoms with E-state index in [1.54, 1.807) is 11.8 Å². The van der Waals surface area contributed by atoms with Crippen molar-refractivity contribution in [3.05, 3.63) is 70.7 Å². The predicted molar refractivity (Wildman–Crippen MR) is 101 cm³/mol. The van der Waals surface area contributed by atoms with Crippen molar-refractivity contribution >= 4 is 29.5 Å². The number of nitrogens with one attached hydrogen (secondary N) is 1. The number of thioether (sulfide) groups is 1. The lowest BCUT2D eigenvalue weighted by atomic mass is 10.2.